The van der Waals surface area contributed by atoms with Crippen molar-refractivity contribution in [3.8, 4) is 0 Å². The quantitative estimate of drug-likeness (QED) is 0.257. The van der Waals surface area contributed by atoms with Crippen LogP contribution in [-0.2, 0) is 19.5 Å². The topological polar surface area (TPSA) is 121 Å². The van der Waals surface area contributed by atoms with Crippen LogP contribution >= 0.6 is 0 Å². The average molecular weight is 254 g/mol. The van der Waals surface area contributed by atoms with Crippen molar-refractivity contribution in [2.45, 2.75) is 13.1 Å². The van der Waals surface area contributed by atoms with Gasteiger partial charge < -0.3 is 28.8 Å². The summed E-state index contributed by atoms with van der Waals surface area (Å²) in [7, 11) is -7.22. The molecule has 0 aliphatic heterocycles. The number of rotatable bonds is 0. The molecule has 6 nitrogen and oxygen atoms in total. The zero-order valence-corrected chi connectivity index (χ0v) is 11.4. The van der Waals surface area contributed by atoms with Crippen molar-refractivity contribution in [2.75, 3.05) is 0 Å². The van der Waals surface area contributed by atoms with Crippen molar-refractivity contribution in [1.29, 1.82) is 0 Å². The summed E-state index contributed by atoms with van der Waals surface area (Å²) < 4.78 is 0. The summed E-state index contributed by atoms with van der Waals surface area (Å²) in [6, 6.07) is 0. The van der Waals surface area contributed by atoms with Crippen LogP contribution in [0.1, 0.15) is 0 Å². The van der Waals surface area contributed by atoms with Crippen LogP contribution in [0.15, 0.2) is 0 Å². The van der Waals surface area contributed by atoms with Crippen molar-refractivity contribution in [3.05, 3.63) is 0 Å². The molecule has 0 saturated carbocycles. The predicted molar refractivity (Wildman–Crippen MR) is 36.5 cm³/mol. The fourth-order valence-electron chi connectivity index (χ4n) is 0. The molecule has 0 aromatic rings. The van der Waals surface area contributed by atoms with Crippen molar-refractivity contribution in [2.24, 2.45) is 0 Å². The maximum atomic E-state index is 7.77. The van der Waals surface area contributed by atoms with Crippen LogP contribution in [0.2, 0.25) is 13.1 Å². The van der Waals surface area contributed by atoms with E-state index < -0.39 is 17.6 Å². The molecule has 0 aliphatic carbocycles. The Hall–Kier alpha value is 0.817. The molecule has 0 bridgehead atoms. The monoisotopic (exact) mass is 252 g/mol. The van der Waals surface area contributed by atoms with Gasteiger partial charge in [-0.15, -0.1) is 0 Å². The SMILES string of the molecule is C[Si](O)(O)O.C[Si](O)(O)O.[Zn]. The Labute approximate surface area is 79.3 Å². The zero-order chi connectivity index (χ0) is 9.00. The minimum absolute atomic E-state index is 0. The minimum atomic E-state index is -3.61. The van der Waals surface area contributed by atoms with E-state index in [1.54, 1.807) is 0 Å². The van der Waals surface area contributed by atoms with Crippen LogP contribution in [-0.4, -0.2) is 46.4 Å². The smallest absolute Gasteiger partial charge is 0.390 e. The molecule has 0 spiro atoms. The number of hydrogen-bond acceptors (Lipinski definition) is 6. The molecule has 66 valence electrons. The van der Waals surface area contributed by atoms with Gasteiger partial charge in [0.15, 0.2) is 0 Å². The van der Waals surface area contributed by atoms with Gasteiger partial charge in [0, 0.05) is 32.6 Å². The van der Waals surface area contributed by atoms with Gasteiger partial charge >= 0.3 is 17.6 Å². The van der Waals surface area contributed by atoms with Gasteiger partial charge in [0.2, 0.25) is 0 Å². The fraction of sp³-hybridized carbons (Fsp3) is 1.00. The summed E-state index contributed by atoms with van der Waals surface area (Å²) in [4.78, 5) is 46.6. The number of hydrogen-bond donors (Lipinski definition) is 6. The van der Waals surface area contributed by atoms with Crippen molar-refractivity contribution in [1.82, 2.24) is 0 Å². The average Bonchev–Trinajstić information content (AvgIpc) is 1.12. The summed E-state index contributed by atoms with van der Waals surface area (Å²) in [6.45, 7) is 1.99. The minimum Gasteiger partial charge on any atom is -0.390 e. The van der Waals surface area contributed by atoms with Gasteiger partial charge in [0.1, 0.15) is 0 Å². The molecule has 0 fully saturated rings. The Morgan fingerprint density at radius 3 is 0.636 bits per heavy atom. The maximum absolute atomic E-state index is 7.77. The second-order valence-electron chi connectivity index (χ2n) is 1.94. The molecule has 9 heteroatoms. The maximum Gasteiger partial charge on any atom is 0.489 e. The van der Waals surface area contributed by atoms with Crippen LogP contribution < -0.4 is 0 Å². The van der Waals surface area contributed by atoms with Crippen LogP contribution in [0.5, 0.6) is 0 Å². The molecule has 0 aliphatic rings. The molecule has 0 heterocycles. The molecule has 0 rings (SSSR count). The molecule has 0 amide bonds. The van der Waals surface area contributed by atoms with Crippen LogP contribution in [0, 0.1) is 0 Å². The van der Waals surface area contributed by atoms with Crippen molar-refractivity contribution >= 4 is 17.6 Å². The first-order chi connectivity index (χ1) is 4.00. The molecule has 11 heavy (non-hydrogen) atoms. The third kappa shape index (κ3) is 1260. The summed E-state index contributed by atoms with van der Waals surface area (Å²) in [6.07, 6.45) is 0. The standard InChI is InChI=1S/2CH6O3Si.Zn/c2*1-5(2,3)4;/h2*2-4H,1H3;. The third-order valence-corrected chi connectivity index (χ3v) is 0. The molecule has 0 aromatic heterocycles. The molecule has 0 aromatic carbocycles. The Balaban J connectivity index is -0.000000107. The van der Waals surface area contributed by atoms with Gasteiger partial charge in [-0.1, -0.05) is 0 Å². The summed E-state index contributed by atoms with van der Waals surface area (Å²) in [5.41, 5.74) is 0. The summed E-state index contributed by atoms with van der Waals surface area (Å²) in [5.74, 6) is 0. The van der Waals surface area contributed by atoms with Gasteiger partial charge in [0.05, 0.1) is 0 Å². The van der Waals surface area contributed by atoms with Gasteiger partial charge in [-0.05, 0) is 0 Å². The predicted octanol–water partition coefficient (Wildman–Crippen LogP) is -2.94. The van der Waals surface area contributed by atoms with Crippen molar-refractivity contribution < 1.29 is 48.3 Å². The fourth-order valence-corrected chi connectivity index (χ4v) is 0. The first-order valence-electron chi connectivity index (χ1n) is 2.34. The van der Waals surface area contributed by atoms with E-state index in [1.165, 1.54) is 0 Å². The Bertz CT molecular complexity index is 61.6. The molecule has 0 radical (unpaired) electrons. The van der Waals surface area contributed by atoms with Gasteiger partial charge in [-0.2, -0.15) is 0 Å². The van der Waals surface area contributed by atoms with Crippen LogP contribution in [0.3, 0.4) is 0 Å². The van der Waals surface area contributed by atoms with E-state index in [4.69, 9.17) is 28.8 Å². The van der Waals surface area contributed by atoms with E-state index in [2.05, 4.69) is 0 Å². The van der Waals surface area contributed by atoms with Crippen LogP contribution in [0.4, 0.5) is 0 Å². The summed E-state index contributed by atoms with van der Waals surface area (Å²) in [5, 5.41) is 0. The molecular formula is C2H12O6Si2Zn. The van der Waals surface area contributed by atoms with Gasteiger partial charge in [-0.25, -0.2) is 0 Å². The first kappa shape index (κ1) is 17.8. The van der Waals surface area contributed by atoms with E-state index in [-0.39, 0.29) is 19.5 Å². The van der Waals surface area contributed by atoms with E-state index in [9.17, 15) is 0 Å². The largest absolute Gasteiger partial charge is 0.489 e. The molecular weight excluding hydrogens is 242 g/mol. The Kier molecular flexibility index (Phi) is 10.3. The second kappa shape index (κ2) is 6.35. The second-order valence-corrected chi connectivity index (χ2v) is 5.82. The molecule has 0 saturated heterocycles. The van der Waals surface area contributed by atoms with E-state index in [0.29, 0.717) is 0 Å². The molecule has 0 atom stereocenters. The van der Waals surface area contributed by atoms with E-state index in [0.717, 1.165) is 13.1 Å². The normalized spacial score (nSPS) is 10.9. The van der Waals surface area contributed by atoms with E-state index in [1.807, 2.05) is 0 Å². The summed E-state index contributed by atoms with van der Waals surface area (Å²) >= 11 is 0. The van der Waals surface area contributed by atoms with Crippen molar-refractivity contribution in [3.63, 3.8) is 0 Å². The Morgan fingerprint density at radius 1 is 0.636 bits per heavy atom. The van der Waals surface area contributed by atoms with Gasteiger partial charge in [0.25, 0.3) is 0 Å². The molecule has 0 unspecified atom stereocenters. The van der Waals surface area contributed by atoms with E-state index >= 15 is 0 Å². The zero-order valence-electron chi connectivity index (χ0n) is 6.39. The third-order valence-electron chi connectivity index (χ3n) is 0. The molecule has 6 N–H and O–H groups in total. The van der Waals surface area contributed by atoms with Gasteiger partial charge in [-0.3, -0.25) is 0 Å². The Morgan fingerprint density at radius 2 is 0.636 bits per heavy atom. The van der Waals surface area contributed by atoms with Crippen LogP contribution in [0.25, 0.3) is 0 Å². The first-order valence-corrected chi connectivity index (χ1v) is 7.02.